The summed E-state index contributed by atoms with van der Waals surface area (Å²) in [6.45, 7) is 4.90. The standard InChI is InChI=1S/C25H31N3O4S/c1-18-9-11-22(19(2)15-18)26-24(29)17-28-23-12-10-21(16-20(23)7-6-8-25(28)30)33(31,32)27-13-4-3-5-14-27/h9-12,15-16H,3-8,13-14,17H2,1-2H3,(H,26,29). The summed E-state index contributed by atoms with van der Waals surface area (Å²) < 4.78 is 27.8. The summed E-state index contributed by atoms with van der Waals surface area (Å²) in [6.07, 6.45) is 4.34. The molecule has 2 aromatic carbocycles. The molecule has 1 saturated heterocycles. The Hall–Kier alpha value is -2.71. The van der Waals surface area contributed by atoms with Crippen LogP contribution in [-0.4, -0.2) is 44.2 Å². The number of amides is 2. The molecule has 2 aliphatic heterocycles. The minimum absolute atomic E-state index is 0.114. The second-order valence-electron chi connectivity index (χ2n) is 8.96. The van der Waals surface area contributed by atoms with E-state index in [1.165, 1.54) is 4.90 Å². The van der Waals surface area contributed by atoms with Crippen molar-refractivity contribution < 1.29 is 18.0 Å². The molecule has 2 aromatic rings. The lowest BCUT2D eigenvalue weighted by atomic mass is 10.1. The van der Waals surface area contributed by atoms with Crippen molar-refractivity contribution >= 4 is 33.2 Å². The maximum absolute atomic E-state index is 13.1. The number of carbonyl (C=O) groups is 2. The minimum Gasteiger partial charge on any atom is -0.324 e. The molecule has 0 bridgehead atoms. The Bertz CT molecular complexity index is 1170. The van der Waals surface area contributed by atoms with Crippen LogP contribution >= 0.6 is 0 Å². The van der Waals surface area contributed by atoms with Crippen molar-refractivity contribution in [3.63, 3.8) is 0 Å². The fraction of sp³-hybridized carbons (Fsp3) is 0.440. The molecule has 1 fully saturated rings. The van der Waals surface area contributed by atoms with Crippen LogP contribution < -0.4 is 10.2 Å². The zero-order valence-electron chi connectivity index (χ0n) is 19.3. The van der Waals surface area contributed by atoms with Crippen LogP contribution in [-0.2, 0) is 26.0 Å². The fourth-order valence-corrected chi connectivity index (χ4v) is 6.17. The quantitative estimate of drug-likeness (QED) is 0.722. The first kappa shape index (κ1) is 23.4. The lowest BCUT2D eigenvalue weighted by Crippen LogP contribution is -2.38. The summed E-state index contributed by atoms with van der Waals surface area (Å²) in [5.41, 5.74) is 4.19. The van der Waals surface area contributed by atoms with Crippen LogP contribution in [0.25, 0.3) is 0 Å². The smallest absolute Gasteiger partial charge is 0.244 e. The third-order valence-corrected chi connectivity index (χ3v) is 8.28. The number of aryl methyl sites for hydroxylation is 3. The van der Waals surface area contributed by atoms with Gasteiger partial charge in [0.1, 0.15) is 6.54 Å². The van der Waals surface area contributed by atoms with Crippen LogP contribution in [0, 0.1) is 13.8 Å². The van der Waals surface area contributed by atoms with Gasteiger partial charge in [-0.2, -0.15) is 4.31 Å². The Morgan fingerprint density at radius 3 is 2.45 bits per heavy atom. The van der Waals surface area contributed by atoms with E-state index >= 15 is 0 Å². The summed E-state index contributed by atoms with van der Waals surface area (Å²) >= 11 is 0. The van der Waals surface area contributed by atoms with Gasteiger partial charge in [-0.15, -0.1) is 0 Å². The van der Waals surface area contributed by atoms with Crippen LogP contribution in [0.3, 0.4) is 0 Å². The summed E-state index contributed by atoms with van der Waals surface area (Å²) in [4.78, 5) is 27.4. The van der Waals surface area contributed by atoms with E-state index in [-0.39, 0.29) is 23.3 Å². The molecule has 0 aromatic heterocycles. The van der Waals surface area contributed by atoms with E-state index in [2.05, 4.69) is 5.32 Å². The summed E-state index contributed by atoms with van der Waals surface area (Å²) in [6, 6.07) is 10.7. The molecule has 2 amide bonds. The Morgan fingerprint density at radius 2 is 1.73 bits per heavy atom. The number of nitrogens with zero attached hydrogens (tertiary/aromatic N) is 2. The fourth-order valence-electron chi connectivity index (χ4n) is 4.60. The first-order valence-corrected chi connectivity index (χ1v) is 13.0. The highest BCUT2D eigenvalue weighted by Gasteiger charge is 2.29. The second kappa shape index (κ2) is 9.65. The molecule has 7 nitrogen and oxygen atoms in total. The van der Waals surface area contributed by atoms with Crippen molar-refractivity contribution in [3.05, 3.63) is 53.1 Å². The Kier molecular flexibility index (Phi) is 6.86. The number of rotatable bonds is 5. The van der Waals surface area contributed by atoms with Crippen molar-refractivity contribution in [2.45, 2.75) is 57.3 Å². The second-order valence-corrected chi connectivity index (χ2v) is 10.9. The van der Waals surface area contributed by atoms with Gasteiger partial charge in [0.25, 0.3) is 0 Å². The van der Waals surface area contributed by atoms with Gasteiger partial charge >= 0.3 is 0 Å². The Balaban J connectivity index is 1.57. The molecule has 0 radical (unpaired) electrons. The van der Waals surface area contributed by atoms with Crippen LogP contribution in [0.15, 0.2) is 41.3 Å². The van der Waals surface area contributed by atoms with Gasteiger partial charge in [-0.1, -0.05) is 24.1 Å². The van der Waals surface area contributed by atoms with E-state index in [1.54, 1.807) is 22.5 Å². The number of carbonyl (C=O) groups excluding carboxylic acids is 2. The minimum atomic E-state index is -3.56. The first-order valence-electron chi connectivity index (χ1n) is 11.6. The molecule has 0 spiro atoms. The van der Waals surface area contributed by atoms with Crippen LogP contribution in [0.2, 0.25) is 0 Å². The van der Waals surface area contributed by atoms with Gasteiger partial charge in [-0.3, -0.25) is 9.59 Å². The van der Waals surface area contributed by atoms with Crippen LogP contribution in [0.5, 0.6) is 0 Å². The molecule has 1 N–H and O–H groups in total. The lowest BCUT2D eigenvalue weighted by molar-refractivity contribution is -0.121. The molecule has 0 saturated carbocycles. The van der Waals surface area contributed by atoms with Gasteiger partial charge in [-0.25, -0.2) is 8.42 Å². The molecular formula is C25H31N3O4S. The number of piperidine rings is 1. The van der Waals surface area contributed by atoms with Crippen LogP contribution in [0.4, 0.5) is 11.4 Å². The van der Waals surface area contributed by atoms with E-state index in [4.69, 9.17) is 0 Å². The van der Waals surface area contributed by atoms with E-state index in [1.807, 2.05) is 32.0 Å². The van der Waals surface area contributed by atoms with E-state index in [0.29, 0.717) is 38.0 Å². The zero-order chi connectivity index (χ0) is 23.6. The first-order chi connectivity index (χ1) is 15.8. The van der Waals surface area contributed by atoms with E-state index in [9.17, 15) is 18.0 Å². The third-order valence-electron chi connectivity index (χ3n) is 6.39. The molecule has 0 atom stereocenters. The van der Waals surface area contributed by atoms with Gasteiger partial charge in [0.05, 0.1) is 4.90 Å². The van der Waals surface area contributed by atoms with Crippen molar-refractivity contribution in [2.75, 3.05) is 29.9 Å². The molecule has 0 unspecified atom stereocenters. The largest absolute Gasteiger partial charge is 0.324 e. The average molecular weight is 470 g/mol. The number of benzene rings is 2. The average Bonchev–Trinajstić information content (AvgIpc) is 2.94. The lowest BCUT2D eigenvalue weighted by Gasteiger charge is -2.27. The van der Waals surface area contributed by atoms with Gasteiger partial charge in [0.15, 0.2) is 0 Å². The highest BCUT2D eigenvalue weighted by atomic mass is 32.2. The third kappa shape index (κ3) is 5.12. The predicted octanol–water partition coefficient (Wildman–Crippen LogP) is 3.79. The maximum atomic E-state index is 13.1. The van der Waals surface area contributed by atoms with Gasteiger partial charge in [0, 0.05) is 30.9 Å². The molecular weight excluding hydrogens is 438 g/mol. The number of fused-ring (bicyclic) bond motifs is 1. The molecule has 4 rings (SSSR count). The highest BCUT2D eigenvalue weighted by Crippen LogP contribution is 2.31. The Labute approximate surface area is 195 Å². The summed E-state index contributed by atoms with van der Waals surface area (Å²) in [7, 11) is -3.56. The van der Waals surface area contributed by atoms with Crippen molar-refractivity contribution in [3.8, 4) is 0 Å². The molecule has 2 heterocycles. The zero-order valence-corrected chi connectivity index (χ0v) is 20.1. The Morgan fingerprint density at radius 1 is 0.970 bits per heavy atom. The van der Waals surface area contributed by atoms with Gasteiger partial charge in [-0.05, 0) is 74.9 Å². The number of sulfonamides is 1. The molecule has 0 aliphatic carbocycles. The van der Waals surface area contributed by atoms with E-state index < -0.39 is 10.0 Å². The number of nitrogens with one attached hydrogen (secondary N) is 1. The van der Waals surface area contributed by atoms with Crippen molar-refractivity contribution in [1.29, 1.82) is 0 Å². The molecule has 176 valence electrons. The van der Waals surface area contributed by atoms with Crippen LogP contribution in [0.1, 0.15) is 48.8 Å². The monoisotopic (exact) mass is 469 g/mol. The SMILES string of the molecule is Cc1ccc(NC(=O)CN2C(=O)CCCc3cc(S(=O)(=O)N4CCCCC4)ccc32)c(C)c1. The van der Waals surface area contributed by atoms with E-state index in [0.717, 1.165) is 41.6 Å². The normalized spacial score (nSPS) is 17.4. The van der Waals surface area contributed by atoms with Gasteiger partial charge < -0.3 is 10.2 Å². The van der Waals surface area contributed by atoms with Crippen molar-refractivity contribution in [2.24, 2.45) is 0 Å². The number of anilines is 2. The highest BCUT2D eigenvalue weighted by molar-refractivity contribution is 7.89. The van der Waals surface area contributed by atoms with Gasteiger partial charge in [0.2, 0.25) is 21.8 Å². The summed E-state index contributed by atoms with van der Waals surface area (Å²) in [5, 5.41) is 2.90. The molecule has 8 heteroatoms. The number of hydrogen-bond acceptors (Lipinski definition) is 4. The van der Waals surface area contributed by atoms with Crippen molar-refractivity contribution in [1.82, 2.24) is 4.31 Å². The molecule has 2 aliphatic rings. The predicted molar refractivity (Wildman–Crippen MR) is 129 cm³/mol. The maximum Gasteiger partial charge on any atom is 0.244 e. The number of hydrogen-bond donors (Lipinski definition) is 1. The summed E-state index contributed by atoms with van der Waals surface area (Å²) in [5.74, 6) is -0.413. The molecule has 33 heavy (non-hydrogen) atoms. The topological polar surface area (TPSA) is 86.8 Å².